The van der Waals surface area contributed by atoms with Gasteiger partial charge in [0.25, 0.3) is 0 Å². The first-order valence-electron chi connectivity index (χ1n) is 6.95. The first-order valence-corrected chi connectivity index (χ1v) is 6.95. The summed E-state index contributed by atoms with van der Waals surface area (Å²) >= 11 is 0. The number of benzene rings is 2. The molecule has 1 heterocycles. The molecule has 22 heavy (non-hydrogen) atoms. The Morgan fingerprint density at radius 2 is 1.64 bits per heavy atom. The summed E-state index contributed by atoms with van der Waals surface area (Å²) in [5.74, 6) is -0.331. The second kappa shape index (κ2) is 5.26. The van der Waals surface area contributed by atoms with E-state index in [1.807, 2.05) is 13.8 Å². The van der Waals surface area contributed by atoms with E-state index in [1.54, 1.807) is 24.3 Å². The van der Waals surface area contributed by atoms with Gasteiger partial charge in [-0.3, -0.25) is 0 Å². The molecule has 112 valence electrons. The molecule has 0 spiro atoms. The summed E-state index contributed by atoms with van der Waals surface area (Å²) in [5.41, 5.74) is 2.01. The van der Waals surface area contributed by atoms with Crippen molar-refractivity contribution < 1.29 is 14.6 Å². The first kappa shape index (κ1) is 14.3. The van der Waals surface area contributed by atoms with Crippen molar-refractivity contribution in [3.8, 4) is 22.8 Å². The van der Waals surface area contributed by atoms with Gasteiger partial charge in [0.1, 0.15) is 17.3 Å². The normalized spacial score (nSPS) is 11.3. The van der Waals surface area contributed by atoms with Gasteiger partial charge in [-0.15, -0.1) is 10.2 Å². The van der Waals surface area contributed by atoms with Crippen LogP contribution < -0.4 is 0 Å². The van der Waals surface area contributed by atoms with Crippen LogP contribution in [0.2, 0.25) is 0 Å². The molecule has 5 heteroatoms. The molecule has 0 amide bonds. The molecule has 0 bridgehead atoms. The lowest BCUT2D eigenvalue weighted by atomic mass is 9.97. The molecule has 0 aliphatic rings. The highest BCUT2D eigenvalue weighted by Crippen LogP contribution is 2.37. The number of fused-ring (bicyclic) bond motifs is 1. The molecule has 3 rings (SSSR count). The summed E-state index contributed by atoms with van der Waals surface area (Å²) < 4.78 is 13.2. The van der Waals surface area contributed by atoms with E-state index in [2.05, 4.69) is 10.2 Å². The van der Waals surface area contributed by atoms with E-state index in [9.17, 15) is 14.6 Å². The van der Waals surface area contributed by atoms with E-state index in [-0.39, 0.29) is 23.2 Å². The zero-order valence-electron chi connectivity index (χ0n) is 12.2. The van der Waals surface area contributed by atoms with Crippen LogP contribution >= 0.6 is 0 Å². The van der Waals surface area contributed by atoms with E-state index in [0.29, 0.717) is 22.3 Å². The number of phenols is 2. The predicted molar refractivity (Wildman–Crippen MR) is 82.4 cm³/mol. The van der Waals surface area contributed by atoms with Crippen LogP contribution in [0.15, 0.2) is 36.4 Å². The van der Waals surface area contributed by atoms with Gasteiger partial charge in [-0.25, -0.2) is 4.39 Å². The summed E-state index contributed by atoms with van der Waals surface area (Å²) in [6.07, 6.45) is 0. The monoisotopic (exact) mass is 298 g/mol. The zero-order chi connectivity index (χ0) is 15.9. The Labute approximate surface area is 126 Å². The predicted octanol–water partition coefficient (Wildman–Crippen LogP) is 3.97. The van der Waals surface area contributed by atoms with Gasteiger partial charge >= 0.3 is 0 Å². The lowest BCUT2D eigenvalue weighted by Gasteiger charge is -2.12. The van der Waals surface area contributed by atoms with Gasteiger partial charge in [0.15, 0.2) is 0 Å². The molecule has 1 aromatic heterocycles. The Hall–Kier alpha value is -2.69. The molecule has 0 aliphatic heterocycles. The number of halogens is 1. The van der Waals surface area contributed by atoms with Crippen molar-refractivity contribution in [3.05, 3.63) is 47.8 Å². The minimum Gasteiger partial charge on any atom is -0.507 e. The lowest BCUT2D eigenvalue weighted by Crippen LogP contribution is -1.93. The third-order valence-corrected chi connectivity index (χ3v) is 3.56. The molecule has 0 aliphatic carbocycles. The van der Waals surface area contributed by atoms with Gasteiger partial charge in [-0.2, -0.15) is 0 Å². The molecule has 0 saturated heterocycles. The van der Waals surface area contributed by atoms with Crippen LogP contribution in [0.1, 0.15) is 25.3 Å². The van der Waals surface area contributed by atoms with Crippen LogP contribution in [0.4, 0.5) is 4.39 Å². The average molecular weight is 298 g/mol. The van der Waals surface area contributed by atoms with Gasteiger partial charge in [0.05, 0.1) is 11.2 Å². The van der Waals surface area contributed by atoms with E-state index >= 15 is 0 Å². The van der Waals surface area contributed by atoms with Crippen LogP contribution in [-0.2, 0) is 0 Å². The summed E-state index contributed by atoms with van der Waals surface area (Å²) in [5, 5.41) is 28.9. The van der Waals surface area contributed by atoms with Crippen LogP contribution in [0.3, 0.4) is 0 Å². The fourth-order valence-electron chi connectivity index (χ4n) is 2.51. The Morgan fingerprint density at radius 3 is 2.27 bits per heavy atom. The minimum atomic E-state index is -0.369. The van der Waals surface area contributed by atoms with E-state index < -0.39 is 0 Å². The maximum absolute atomic E-state index is 13.2. The van der Waals surface area contributed by atoms with Crippen molar-refractivity contribution >= 4 is 10.9 Å². The number of aromatic nitrogens is 2. The minimum absolute atomic E-state index is 0.000266. The maximum atomic E-state index is 13.2. The number of aromatic hydroxyl groups is 2. The number of hydrogen-bond acceptors (Lipinski definition) is 4. The fraction of sp³-hybridized carbons (Fsp3) is 0.176. The molecule has 0 fully saturated rings. The Morgan fingerprint density at radius 1 is 0.955 bits per heavy atom. The fourth-order valence-corrected chi connectivity index (χ4v) is 2.51. The molecule has 4 nitrogen and oxygen atoms in total. The van der Waals surface area contributed by atoms with Gasteiger partial charge in [-0.1, -0.05) is 13.8 Å². The highest BCUT2D eigenvalue weighted by molar-refractivity contribution is 5.82. The van der Waals surface area contributed by atoms with Crippen molar-refractivity contribution in [2.45, 2.75) is 19.8 Å². The highest BCUT2D eigenvalue weighted by atomic mass is 19.1. The second-order valence-electron chi connectivity index (χ2n) is 5.52. The van der Waals surface area contributed by atoms with Crippen molar-refractivity contribution in [2.24, 2.45) is 0 Å². The molecule has 3 aromatic rings. The molecule has 2 aromatic carbocycles. The average Bonchev–Trinajstić information content (AvgIpc) is 2.45. The molecule has 0 saturated carbocycles. The van der Waals surface area contributed by atoms with Crippen molar-refractivity contribution in [1.82, 2.24) is 10.2 Å². The quantitative estimate of drug-likeness (QED) is 0.751. The van der Waals surface area contributed by atoms with Crippen molar-refractivity contribution in [2.75, 3.05) is 0 Å². The van der Waals surface area contributed by atoms with Gasteiger partial charge in [0.2, 0.25) is 0 Å². The van der Waals surface area contributed by atoms with Crippen LogP contribution in [0, 0.1) is 5.82 Å². The Bertz CT molecular complexity index is 839. The molecular formula is C17H15FN2O2. The number of nitrogens with zero attached hydrogens (tertiary/aromatic N) is 2. The first-order chi connectivity index (χ1) is 10.5. The van der Waals surface area contributed by atoms with Crippen molar-refractivity contribution in [1.29, 1.82) is 0 Å². The van der Waals surface area contributed by atoms with Gasteiger partial charge in [0, 0.05) is 22.6 Å². The second-order valence-corrected chi connectivity index (χ2v) is 5.52. The Balaban J connectivity index is 2.13. The SMILES string of the molecule is CC(C)c1c(O)cc(-c2cc3ccc(F)cc3nn2)cc1O. The number of phenolic OH excluding ortho intramolecular Hbond substituents is 2. The maximum Gasteiger partial charge on any atom is 0.125 e. The van der Waals surface area contributed by atoms with Crippen LogP contribution in [0.5, 0.6) is 11.5 Å². The summed E-state index contributed by atoms with van der Waals surface area (Å²) in [7, 11) is 0. The zero-order valence-corrected chi connectivity index (χ0v) is 12.2. The topological polar surface area (TPSA) is 66.2 Å². The number of hydrogen-bond donors (Lipinski definition) is 2. The van der Waals surface area contributed by atoms with E-state index in [4.69, 9.17) is 0 Å². The van der Waals surface area contributed by atoms with Crippen LogP contribution in [0.25, 0.3) is 22.2 Å². The molecule has 2 N–H and O–H groups in total. The molecular weight excluding hydrogens is 283 g/mol. The van der Waals surface area contributed by atoms with Gasteiger partial charge < -0.3 is 10.2 Å². The van der Waals surface area contributed by atoms with E-state index in [0.717, 1.165) is 5.39 Å². The van der Waals surface area contributed by atoms with Gasteiger partial charge in [-0.05, 0) is 36.2 Å². The smallest absolute Gasteiger partial charge is 0.125 e. The Kier molecular flexibility index (Phi) is 3.41. The largest absolute Gasteiger partial charge is 0.507 e. The summed E-state index contributed by atoms with van der Waals surface area (Å²) in [6, 6.07) is 9.12. The van der Waals surface area contributed by atoms with E-state index in [1.165, 1.54) is 12.1 Å². The molecule has 0 unspecified atom stereocenters. The van der Waals surface area contributed by atoms with Crippen LogP contribution in [-0.4, -0.2) is 20.4 Å². The summed E-state index contributed by atoms with van der Waals surface area (Å²) in [4.78, 5) is 0. The molecule has 0 atom stereocenters. The van der Waals surface area contributed by atoms with Crippen molar-refractivity contribution in [3.63, 3.8) is 0 Å². The molecule has 0 radical (unpaired) electrons. The lowest BCUT2D eigenvalue weighted by molar-refractivity contribution is 0.434. The highest BCUT2D eigenvalue weighted by Gasteiger charge is 2.15. The number of rotatable bonds is 2. The third kappa shape index (κ3) is 2.45. The third-order valence-electron chi connectivity index (χ3n) is 3.56. The summed E-state index contributed by atoms with van der Waals surface area (Å²) in [6.45, 7) is 3.78. The standard InChI is InChI=1S/C17H15FN2O2/c1-9(2)17-15(21)6-11(7-16(17)22)13-5-10-3-4-12(18)8-14(10)20-19-13/h3-9,21-22H,1-2H3.